The monoisotopic (exact) mass is 313 g/mol. The van der Waals surface area contributed by atoms with Gasteiger partial charge in [-0.1, -0.05) is 0 Å². The molecule has 0 aromatic carbocycles. The highest BCUT2D eigenvalue weighted by Crippen LogP contribution is 2.24. The van der Waals surface area contributed by atoms with E-state index in [1.54, 1.807) is 20.4 Å². The molecular weight excluding hydrogens is 298 g/mol. The van der Waals surface area contributed by atoms with Gasteiger partial charge in [0.05, 0.1) is 23.6 Å². The van der Waals surface area contributed by atoms with Gasteiger partial charge in [0.2, 0.25) is 5.95 Å². The molecule has 0 spiro atoms. The normalized spacial score (nSPS) is 9.89. The fraction of sp³-hybridized carbons (Fsp3) is 0.545. The van der Waals surface area contributed by atoms with E-state index >= 15 is 0 Å². The first-order valence-electron chi connectivity index (χ1n) is 5.54. The van der Waals surface area contributed by atoms with E-state index in [-0.39, 0.29) is 0 Å². The number of nitrogens with one attached hydrogen (secondary N) is 1. The fourth-order valence-corrected chi connectivity index (χ4v) is 1.85. The summed E-state index contributed by atoms with van der Waals surface area (Å²) in [6.07, 6.45) is 2.13. The first-order chi connectivity index (χ1) is 8.72. The van der Waals surface area contributed by atoms with Crippen molar-refractivity contribution in [3.63, 3.8) is 0 Å². The molecule has 1 aromatic rings. The van der Waals surface area contributed by atoms with Crippen molar-refractivity contribution in [3.8, 4) is 6.07 Å². The number of nitriles is 1. The molecule has 0 unspecified atom stereocenters. The molecule has 0 radical (unpaired) electrons. The summed E-state index contributed by atoms with van der Waals surface area (Å²) in [6.45, 7) is 1.87. The Morgan fingerprint density at radius 3 is 2.94 bits per heavy atom. The van der Waals surface area contributed by atoms with Crippen molar-refractivity contribution in [1.82, 2.24) is 9.97 Å². The van der Waals surface area contributed by atoms with Gasteiger partial charge in [0.25, 0.3) is 0 Å². The smallest absolute Gasteiger partial charge is 0.224 e. The van der Waals surface area contributed by atoms with Crippen LogP contribution in [-0.4, -0.2) is 43.8 Å². The third-order valence-corrected chi connectivity index (χ3v) is 2.87. The molecule has 0 atom stereocenters. The van der Waals surface area contributed by atoms with Crippen LogP contribution >= 0.6 is 15.9 Å². The van der Waals surface area contributed by atoms with Gasteiger partial charge in [-0.3, -0.25) is 0 Å². The molecule has 6 nitrogen and oxygen atoms in total. The van der Waals surface area contributed by atoms with Crippen molar-refractivity contribution in [2.24, 2.45) is 0 Å². The quantitative estimate of drug-likeness (QED) is 0.825. The molecule has 1 aromatic heterocycles. The molecule has 0 fully saturated rings. The molecule has 1 heterocycles. The van der Waals surface area contributed by atoms with Gasteiger partial charge in [-0.15, -0.1) is 0 Å². The SMILES string of the molecule is CNc1ncc(Br)c(N(CCC#N)CCOC)n1. The van der Waals surface area contributed by atoms with E-state index in [0.717, 1.165) is 10.3 Å². The van der Waals surface area contributed by atoms with Gasteiger partial charge in [-0.05, 0) is 15.9 Å². The Morgan fingerprint density at radius 1 is 1.56 bits per heavy atom. The third kappa shape index (κ3) is 4.13. The molecule has 0 amide bonds. The second-order valence-corrected chi connectivity index (χ2v) is 4.36. The van der Waals surface area contributed by atoms with Crippen molar-refractivity contribution in [2.75, 3.05) is 44.1 Å². The van der Waals surface area contributed by atoms with Gasteiger partial charge in [-0.2, -0.15) is 10.2 Å². The van der Waals surface area contributed by atoms with Crippen LogP contribution in [0.5, 0.6) is 0 Å². The Labute approximate surface area is 115 Å². The zero-order chi connectivity index (χ0) is 13.4. The van der Waals surface area contributed by atoms with Gasteiger partial charge >= 0.3 is 0 Å². The number of ether oxygens (including phenoxy) is 1. The van der Waals surface area contributed by atoms with Gasteiger partial charge in [0, 0.05) is 33.4 Å². The van der Waals surface area contributed by atoms with Crippen LogP contribution in [0.15, 0.2) is 10.7 Å². The minimum absolute atomic E-state index is 0.440. The molecule has 18 heavy (non-hydrogen) atoms. The second-order valence-electron chi connectivity index (χ2n) is 3.50. The molecule has 0 saturated heterocycles. The molecule has 0 aliphatic rings. The highest BCUT2D eigenvalue weighted by molar-refractivity contribution is 9.10. The highest BCUT2D eigenvalue weighted by Gasteiger charge is 2.13. The lowest BCUT2D eigenvalue weighted by Gasteiger charge is -2.23. The Kier molecular flexibility index (Phi) is 6.39. The molecule has 0 bridgehead atoms. The number of halogens is 1. The molecule has 7 heteroatoms. The van der Waals surface area contributed by atoms with Crippen LogP contribution in [0.2, 0.25) is 0 Å². The maximum absolute atomic E-state index is 8.69. The second kappa shape index (κ2) is 7.84. The molecule has 0 aliphatic heterocycles. The maximum Gasteiger partial charge on any atom is 0.224 e. The number of aromatic nitrogens is 2. The Morgan fingerprint density at radius 2 is 2.33 bits per heavy atom. The van der Waals surface area contributed by atoms with Crippen molar-refractivity contribution < 1.29 is 4.74 Å². The van der Waals surface area contributed by atoms with Crippen molar-refractivity contribution in [2.45, 2.75) is 6.42 Å². The molecule has 1 N–H and O–H groups in total. The molecule has 0 saturated carbocycles. The number of hydrogen-bond donors (Lipinski definition) is 1. The number of anilines is 2. The van der Waals surface area contributed by atoms with Crippen LogP contribution < -0.4 is 10.2 Å². The minimum Gasteiger partial charge on any atom is -0.383 e. The lowest BCUT2D eigenvalue weighted by molar-refractivity contribution is 0.205. The Hall–Kier alpha value is -1.39. The van der Waals surface area contributed by atoms with E-state index in [2.05, 4.69) is 37.3 Å². The first-order valence-corrected chi connectivity index (χ1v) is 6.33. The van der Waals surface area contributed by atoms with Gasteiger partial charge in [0.15, 0.2) is 0 Å². The van der Waals surface area contributed by atoms with Crippen molar-refractivity contribution in [1.29, 1.82) is 5.26 Å². The number of nitrogens with zero attached hydrogens (tertiary/aromatic N) is 4. The van der Waals surface area contributed by atoms with E-state index in [0.29, 0.717) is 32.1 Å². The summed E-state index contributed by atoms with van der Waals surface area (Å²) in [5.41, 5.74) is 0. The Bertz CT molecular complexity index is 420. The van der Waals surface area contributed by atoms with Crippen LogP contribution in [-0.2, 0) is 4.74 Å². The molecular formula is C11H16BrN5O. The van der Waals surface area contributed by atoms with E-state index in [1.165, 1.54) is 0 Å². The summed E-state index contributed by atoms with van der Waals surface area (Å²) in [7, 11) is 3.41. The summed E-state index contributed by atoms with van der Waals surface area (Å²) in [5.74, 6) is 1.31. The summed E-state index contributed by atoms with van der Waals surface area (Å²) >= 11 is 3.43. The van der Waals surface area contributed by atoms with Crippen LogP contribution in [0.1, 0.15) is 6.42 Å². The zero-order valence-electron chi connectivity index (χ0n) is 10.5. The summed E-state index contributed by atoms with van der Waals surface area (Å²) in [5, 5.41) is 11.6. The van der Waals surface area contributed by atoms with Gasteiger partial charge in [-0.25, -0.2) is 4.98 Å². The molecule has 98 valence electrons. The van der Waals surface area contributed by atoms with Crippen LogP contribution in [0.3, 0.4) is 0 Å². The van der Waals surface area contributed by atoms with Crippen LogP contribution in [0.4, 0.5) is 11.8 Å². The number of methoxy groups -OCH3 is 1. The fourth-order valence-electron chi connectivity index (χ4n) is 1.41. The predicted molar refractivity (Wildman–Crippen MR) is 73.6 cm³/mol. The topological polar surface area (TPSA) is 74.1 Å². The molecule has 0 aliphatic carbocycles. The standard InChI is InChI=1S/C11H16BrN5O/c1-14-11-15-8-9(12)10(16-11)17(5-3-4-13)6-7-18-2/h8H,3,5-7H2,1-2H3,(H,14,15,16). The molecule has 1 rings (SSSR count). The maximum atomic E-state index is 8.69. The highest BCUT2D eigenvalue weighted by atomic mass is 79.9. The lowest BCUT2D eigenvalue weighted by atomic mass is 10.4. The predicted octanol–water partition coefficient (Wildman–Crippen LogP) is 1.65. The first kappa shape index (κ1) is 14.7. The van der Waals surface area contributed by atoms with Gasteiger partial charge < -0.3 is 15.0 Å². The Balaban J connectivity index is 2.91. The number of rotatable bonds is 7. The number of hydrogen-bond acceptors (Lipinski definition) is 6. The van der Waals surface area contributed by atoms with Gasteiger partial charge in [0.1, 0.15) is 5.82 Å². The summed E-state index contributed by atoms with van der Waals surface area (Å²) in [6, 6.07) is 2.14. The largest absolute Gasteiger partial charge is 0.383 e. The van der Waals surface area contributed by atoms with Crippen molar-refractivity contribution in [3.05, 3.63) is 10.7 Å². The summed E-state index contributed by atoms with van der Waals surface area (Å²) < 4.78 is 5.87. The minimum atomic E-state index is 0.440. The van der Waals surface area contributed by atoms with E-state index in [1.807, 2.05) is 4.90 Å². The van der Waals surface area contributed by atoms with E-state index in [9.17, 15) is 0 Å². The van der Waals surface area contributed by atoms with Crippen molar-refractivity contribution >= 4 is 27.7 Å². The zero-order valence-corrected chi connectivity index (χ0v) is 12.1. The third-order valence-electron chi connectivity index (χ3n) is 2.31. The van der Waals surface area contributed by atoms with E-state index in [4.69, 9.17) is 10.00 Å². The average Bonchev–Trinajstić information content (AvgIpc) is 2.40. The average molecular weight is 314 g/mol. The lowest BCUT2D eigenvalue weighted by Crippen LogP contribution is -2.29. The van der Waals surface area contributed by atoms with Crippen LogP contribution in [0, 0.1) is 11.3 Å². The van der Waals surface area contributed by atoms with E-state index < -0.39 is 0 Å². The van der Waals surface area contributed by atoms with Crippen LogP contribution in [0.25, 0.3) is 0 Å². The summed E-state index contributed by atoms with van der Waals surface area (Å²) in [4.78, 5) is 10.5.